The molecule has 4 heteroatoms. The van der Waals surface area contributed by atoms with Crippen molar-refractivity contribution in [2.45, 2.75) is 13.3 Å². The average molecular weight is 283 g/mol. The number of ether oxygens (including phenoxy) is 1. The fourth-order valence-corrected chi connectivity index (χ4v) is 4.06. The molecule has 2 fully saturated rings. The Morgan fingerprint density at radius 2 is 1.71 bits per heavy atom. The minimum Gasteiger partial charge on any atom is -0.492 e. The Labute approximate surface area is 123 Å². The van der Waals surface area contributed by atoms with E-state index in [1.165, 1.54) is 4.90 Å². The molecule has 21 heavy (non-hydrogen) atoms. The largest absolute Gasteiger partial charge is 0.492 e. The van der Waals surface area contributed by atoms with Crippen molar-refractivity contribution in [2.75, 3.05) is 11.5 Å². The summed E-state index contributed by atoms with van der Waals surface area (Å²) in [4.78, 5) is 26.9. The molecule has 1 aliphatic heterocycles. The summed E-state index contributed by atoms with van der Waals surface area (Å²) in [7, 11) is 0. The third kappa shape index (κ3) is 1.62. The fraction of sp³-hybridized carbons (Fsp3) is 0.412. The third-order valence-electron chi connectivity index (χ3n) is 4.88. The second-order valence-corrected chi connectivity index (χ2v) is 5.91. The highest BCUT2D eigenvalue weighted by atomic mass is 16.5. The van der Waals surface area contributed by atoms with Crippen LogP contribution in [0.4, 0.5) is 5.69 Å². The zero-order chi connectivity index (χ0) is 14.6. The maximum absolute atomic E-state index is 12.8. The van der Waals surface area contributed by atoms with Crippen molar-refractivity contribution in [3.8, 4) is 5.75 Å². The molecule has 2 aliphatic carbocycles. The fourth-order valence-electron chi connectivity index (χ4n) is 4.06. The van der Waals surface area contributed by atoms with Gasteiger partial charge in [0, 0.05) is 0 Å². The van der Waals surface area contributed by atoms with Crippen LogP contribution in [0.5, 0.6) is 5.75 Å². The van der Waals surface area contributed by atoms with E-state index in [-0.39, 0.29) is 35.5 Å². The van der Waals surface area contributed by atoms with Crippen LogP contribution in [0.15, 0.2) is 36.4 Å². The molecule has 2 amide bonds. The molecule has 4 atom stereocenters. The molecule has 3 aliphatic rings. The Morgan fingerprint density at radius 1 is 1.10 bits per heavy atom. The van der Waals surface area contributed by atoms with Crippen molar-refractivity contribution in [2.24, 2.45) is 23.7 Å². The lowest BCUT2D eigenvalue weighted by molar-refractivity contribution is -0.123. The lowest BCUT2D eigenvalue weighted by atomic mass is 9.85. The Balaban J connectivity index is 1.75. The van der Waals surface area contributed by atoms with E-state index < -0.39 is 0 Å². The monoisotopic (exact) mass is 283 g/mol. The van der Waals surface area contributed by atoms with Gasteiger partial charge in [-0.3, -0.25) is 9.59 Å². The summed E-state index contributed by atoms with van der Waals surface area (Å²) in [5.41, 5.74) is 0.586. The summed E-state index contributed by atoms with van der Waals surface area (Å²) in [5.74, 6) is 0.621. The van der Waals surface area contributed by atoms with Gasteiger partial charge in [0.05, 0.1) is 24.1 Å². The molecule has 4 unspecified atom stereocenters. The highest BCUT2D eigenvalue weighted by Crippen LogP contribution is 2.53. The maximum Gasteiger partial charge on any atom is 0.238 e. The van der Waals surface area contributed by atoms with Crippen LogP contribution in [-0.2, 0) is 9.59 Å². The van der Waals surface area contributed by atoms with Crippen molar-refractivity contribution >= 4 is 17.5 Å². The summed E-state index contributed by atoms with van der Waals surface area (Å²) in [6, 6.07) is 7.28. The number of imide groups is 1. The zero-order valence-electron chi connectivity index (χ0n) is 11.9. The molecule has 0 N–H and O–H groups in total. The maximum atomic E-state index is 12.8. The van der Waals surface area contributed by atoms with Gasteiger partial charge in [0.25, 0.3) is 0 Å². The van der Waals surface area contributed by atoms with Gasteiger partial charge in [-0.2, -0.15) is 0 Å². The number of para-hydroxylation sites is 2. The number of fused-ring (bicyclic) bond motifs is 5. The van der Waals surface area contributed by atoms with Crippen LogP contribution in [0.25, 0.3) is 0 Å². The van der Waals surface area contributed by atoms with Gasteiger partial charge in [0.2, 0.25) is 11.8 Å². The van der Waals surface area contributed by atoms with E-state index in [9.17, 15) is 9.59 Å². The minimum atomic E-state index is -0.165. The van der Waals surface area contributed by atoms with Gasteiger partial charge in [-0.1, -0.05) is 24.3 Å². The van der Waals surface area contributed by atoms with E-state index in [0.717, 1.165) is 6.42 Å². The van der Waals surface area contributed by atoms with Crippen molar-refractivity contribution in [1.29, 1.82) is 0 Å². The number of anilines is 1. The number of allylic oxidation sites excluding steroid dienone is 2. The molecule has 2 bridgehead atoms. The Hall–Kier alpha value is -2.10. The number of hydrogen-bond acceptors (Lipinski definition) is 3. The lowest BCUT2D eigenvalue weighted by Crippen LogP contribution is -2.33. The predicted molar refractivity (Wildman–Crippen MR) is 77.8 cm³/mol. The molecular weight excluding hydrogens is 266 g/mol. The number of hydrogen-bond donors (Lipinski definition) is 0. The van der Waals surface area contributed by atoms with Crippen molar-refractivity contribution in [3.63, 3.8) is 0 Å². The normalized spacial score (nSPS) is 32.9. The van der Waals surface area contributed by atoms with Crippen LogP contribution in [0.2, 0.25) is 0 Å². The topological polar surface area (TPSA) is 46.6 Å². The first kappa shape index (κ1) is 12.6. The SMILES string of the molecule is CCOc1ccccc1N1C(=O)C2C3C=CC(C3)C2C1=O. The highest BCUT2D eigenvalue weighted by molar-refractivity contribution is 6.23. The standard InChI is InChI=1S/C17H17NO3/c1-2-21-13-6-4-3-5-12(13)18-16(19)14-10-7-8-11(9-10)15(14)17(18)20/h3-8,10-11,14-15H,2,9H2,1H3. The summed E-state index contributed by atoms with van der Waals surface area (Å²) in [6.07, 6.45) is 5.16. The summed E-state index contributed by atoms with van der Waals surface area (Å²) in [5, 5.41) is 0. The van der Waals surface area contributed by atoms with Crippen molar-refractivity contribution < 1.29 is 14.3 Å². The molecule has 1 heterocycles. The Kier molecular flexibility index (Phi) is 2.67. The first-order valence-electron chi connectivity index (χ1n) is 7.50. The van der Waals surface area contributed by atoms with Crippen LogP contribution in [0.3, 0.4) is 0 Å². The van der Waals surface area contributed by atoms with Crippen molar-refractivity contribution in [1.82, 2.24) is 0 Å². The Morgan fingerprint density at radius 3 is 2.33 bits per heavy atom. The van der Waals surface area contributed by atoms with E-state index in [1.54, 1.807) is 12.1 Å². The molecule has 108 valence electrons. The number of nitrogens with zero attached hydrogens (tertiary/aromatic N) is 1. The molecule has 0 radical (unpaired) electrons. The van der Waals surface area contributed by atoms with Crippen LogP contribution in [0.1, 0.15) is 13.3 Å². The zero-order valence-corrected chi connectivity index (χ0v) is 11.9. The van der Waals surface area contributed by atoms with Gasteiger partial charge >= 0.3 is 0 Å². The number of rotatable bonds is 3. The van der Waals surface area contributed by atoms with E-state index in [4.69, 9.17) is 4.74 Å². The molecule has 1 aromatic rings. The van der Waals surface area contributed by atoms with Crippen LogP contribution < -0.4 is 9.64 Å². The number of carbonyl (C=O) groups excluding carboxylic acids is 2. The van der Waals surface area contributed by atoms with Gasteiger partial charge in [0.1, 0.15) is 5.75 Å². The van der Waals surface area contributed by atoms with E-state index in [2.05, 4.69) is 12.2 Å². The van der Waals surface area contributed by atoms with E-state index in [1.807, 2.05) is 19.1 Å². The molecule has 0 aromatic heterocycles. The first-order chi connectivity index (χ1) is 10.2. The van der Waals surface area contributed by atoms with E-state index in [0.29, 0.717) is 18.0 Å². The summed E-state index contributed by atoms with van der Waals surface area (Å²) >= 11 is 0. The molecule has 1 aromatic carbocycles. The summed E-state index contributed by atoms with van der Waals surface area (Å²) < 4.78 is 5.58. The number of benzene rings is 1. The highest BCUT2D eigenvalue weighted by Gasteiger charge is 2.59. The first-order valence-corrected chi connectivity index (χ1v) is 7.50. The molecule has 1 saturated carbocycles. The van der Waals surface area contributed by atoms with Crippen molar-refractivity contribution in [3.05, 3.63) is 36.4 Å². The number of carbonyl (C=O) groups is 2. The average Bonchev–Trinajstić information content (AvgIpc) is 3.15. The predicted octanol–water partition coefficient (Wildman–Crippen LogP) is 2.40. The quantitative estimate of drug-likeness (QED) is 0.632. The molecule has 0 spiro atoms. The lowest BCUT2D eigenvalue weighted by Gasteiger charge is -2.20. The Bertz CT molecular complexity index is 621. The van der Waals surface area contributed by atoms with Gasteiger partial charge in [0.15, 0.2) is 0 Å². The van der Waals surface area contributed by atoms with Gasteiger partial charge in [-0.15, -0.1) is 0 Å². The van der Waals surface area contributed by atoms with Crippen LogP contribution in [0, 0.1) is 23.7 Å². The van der Waals surface area contributed by atoms with Gasteiger partial charge < -0.3 is 4.74 Å². The summed E-state index contributed by atoms with van der Waals surface area (Å²) in [6.45, 7) is 2.40. The molecule has 4 nitrogen and oxygen atoms in total. The second-order valence-electron chi connectivity index (χ2n) is 5.91. The molecule has 1 saturated heterocycles. The van der Waals surface area contributed by atoms with Crippen LogP contribution in [-0.4, -0.2) is 18.4 Å². The molecular formula is C17H17NO3. The minimum absolute atomic E-state index is 0.0611. The van der Waals surface area contributed by atoms with E-state index >= 15 is 0 Å². The number of amides is 2. The van der Waals surface area contributed by atoms with Gasteiger partial charge in [-0.05, 0) is 37.3 Å². The second kappa shape index (κ2) is 4.45. The molecule has 4 rings (SSSR count). The van der Waals surface area contributed by atoms with Crippen LogP contribution >= 0.6 is 0 Å². The smallest absolute Gasteiger partial charge is 0.238 e. The van der Waals surface area contributed by atoms with Gasteiger partial charge in [-0.25, -0.2) is 4.90 Å². The third-order valence-corrected chi connectivity index (χ3v) is 4.88.